The lowest BCUT2D eigenvalue weighted by Gasteiger charge is -2.14. The molecule has 4 nitrogen and oxygen atoms in total. The van der Waals surface area contributed by atoms with E-state index in [0.717, 1.165) is 35.2 Å². The lowest BCUT2D eigenvalue weighted by molar-refractivity contribution is 0.770. The summed E-state index contributed by atoms with van der Waals surface area (Å²) in [6.07, 6.45) is 3.66. The van der Waals surface area contributed by atoms with Crippen molar-refractivity contribution in [3.63, 3.8) is 0 Å². The zero-order chi connectivity index (χ0) is 14.2. The maximum atomic E-state index is 5.89. The molecule has 0 saturated heterocycles. The van der Waals surface area contributed by atoms with Gasteiger partial charge in [-0.2, -0.15) is 0 Å². The summed E-state index contributed by atoms with van der Waals surface area (Å²) < 4.78 is 0. The van der Waals surface area contributed by atoms with Crippen LogP contribution in [0.3, 0.4) is 0 Å². The Bertz CT molecular complexity index is 788. The number of nitrogens with zero attached hydrogens (tertiary/aromatic N) is 2. The van der Waals surface area contributed by atoms with Crippen LogP contribution < -0.4 is 11.1 Å². The number of nitrogen functional groups attached to an aromatic ring is 1. The molecule has 1 aliphatic carbocycles. The summed E-state index contributed by atoms with van der Waals surface area (Å²) in [7, 11) is 0. The second-order valence-corrected chi connectivity index (χ2v) is 5.52. The van der Waals surface area contributed by atoms with Crippen LogP contribution >= 0.6 is 0 Å². The maximum absolute atomic E-state index is 5.89. The number of nitrogens with one attached hydrogen (secondary N) is 1. The molecule has 2 aromatic carbocycles. The van der Waals surface area contributed by atoms with E-state index in [1.165, 1.54) is 11.1 Å². The summed E-state index contributed by atoms with van der Waals surface area (Å²) in [5.41, 5.74) is 10.4. The summed E-state index contributed by atoms with van der Waals surface area (Å²) in [4.78, 5) is 8.69. The van der Waals surface area contributed by atoms with Crippen LogP contribution in [-0.2, 0) is 12.8 Å². The van der Waals surface area contributed by atoms with Crippen molar-refractivity contribution in [2.24, 2.45) is 0 Å². The van der Waals surface area contributed by atoms with Crippen molar-refractivity contribution in [2.75, 3.05) is 11.1 Å². The molecule has 104 valence electrons. The Labute approximate surface area is 123 Å². The van der Waals surface area contributed by atoms with Gasteiger partial charge >= 0.3 is 0 Å². The van der Waals surface area contributed by atoms with Crippen molar-refractivity contribution < 1.29 is 0 Å². The molecule has 1 aromatic heterocycles. The van der Waals surface area contributed by atoms with Gasteiger partial charge in [-0.25, -0.2) is 9.97 Å². The molecule has 1 aliphatic rings. The first-order valence-corrected chi connectivity index (χ1v) is 7.13. The first-order valence-electron chi connectivity index (χ1n) is 7.13. The van der Waals surface area contributed by atoms with Gasteiger partial charge in [0.2, 0.25) is 0 Å². The van der Waals surface area contributed by atoms with Gasteiger partial charge in [-0.15, -0.1) is 0 Å². The summed E-state index contributed by atoms with van der Waals surface area (Å²) >= 11 is 0. The molecule has 4 heteroatoms. The number of rotatable bonds is 2. The SMILES string of the molecule is Nc1ccc2ncnc(NC3Cc4ccccc4C3)c2c1. The quantitative estimate of drug-likeness (QED) is 0.706. The lowest BCUT2D eigenvalue weighted by Crippen LogP contribution is -2.20. The van der Waals surface area contributed by atoms with Gasteiger partial charge in [0.05, 0.1) is 5.52 Å². The van der Waals surface area contributed by atoms with Gasteiger partial charge < -0.3 is 11.1 Å². The van der Waals surface area contributed by atoms with Gasteiger partial charge in [0.25, 0.3) is 0 Å². The minimum Gasteiger partial charge on any atom is -0.399 e. The van der Waals surface area contributed by atoms with Crippen LogP contribution in [0, 0.1) is 0 Å². The molecule has 0 fully saturated rings. The second-order valence-electron chi connectivity index (χ2n) is 5.52. The van der Waals surface area contributed by atoms with Gasteiger partial charge in [-0.05, 0) is 42.2 Å². The molecule has 0 saturated carbocycles. The third kappa shape index (κ3) is 2.18. The average Bonchev–Trinajstić information content (AvgIpc) is 2.90. The van der Waals surface area contributed by atoms with Crippen molar-refractivity contribution >= 4 is 22.4 Å². The van der Waals surface area contributed by atoms with Crippen molar-refractivity contribution in [1.29, 1.82) is 0 Å². The fourth-order valence-electron chi connectivity index (χ4n) is 3.04. The molecule has 0 bridgehead atoms. The van der Waals surface area contributed by atoms with E-state index in [2.05, 4.69) is 39.6 Å². The first-order chi connectivity index (χ1) is 10.3. The van der Waals surface area contributed by atoms with E-state index < -0.39 is 0 Å². The number of aromatic nitrogens is 2. The second kappa shape index (κ2) is 4.74. The molecule has 0 amide bonds. The van der Waals surface area contributed by atoms with Gasteiger partial charge in [-0.1, -0.05) is 24.3 Å². The van der Waals surface area contributed by atoms with Gasteiger partial charge in [0, 0.05) is 17.1 Å². The highest BCUT2D eigenvalue weighted by molar-refractivity contribution is 5.91. The molecular weight excluding hydrogens is 260 g/mol. The van der Waals surface area contributed by atoms with E-state index in [1.54, 1.807) is 6.33 Å². The third-order valence-corrected chi connectivity index (χ3v) is 4.05. The number of fused-ring (bicyclic) bond motifs is 2. The summed E-state index contributed by atoms with van der Waals surface area (Å²) in [6.45, 7) is 0. The average molecular weight is 276 g/mol. The molecule has 21 heavy (non-hydrogen) atoms. The molecule has 3 aromatic rings. The topological polar surface area (TPSA) is 63.8 Å². The normalized spacial score (nSPS) is 14.3. The lowest BCUT2D eigenvalue weighted by atomic mass is 10.1. The zero-order valence-electron chi connectivity index (χ0n) is 11.6. The smallest absolute Gasteiger partial charge is 0.137 e. The Hall–Kier alpha value is -2.62. The molecule has 0 radical (unpaired) electrons. The van der Waals surface area contributed by atoms with Crippen LogP contribution in [0.1, 0.15) is 11.1 Å². The Kier molecular flexibility index (Phi) is 2.74. The molecule has 0 unspecified atom stereocenters. The summed E-state index contributed by atoms with van der Waals surface area (Å²) in [5, 5.41) is 4.53. The van der Waals surface area contributed by atoms with Crippen molar-refractivity contribution in [3.05, 3.63) is 59.9 Å². The predicted octanol–water partition coefficient (Wildman–Crippen LogP) is 2.79. The van der Waals surface area contributed by atoms with E-state index in [9.17, 15) is 0 Å². The summed E-state index contributed by atoms with van der Waals surface area (Å²) in [6, 6.07) is 14.7. The Morgan fingerprint density at radius 2 is 1.76 bits per heavy atom. The van der Waals surface area contributed by atoms with E-state index in [4.69, 9.17) is 5.73 Å². The first kappa shape index (κ1) is 12.1. The molecule has 0 aliphatic heterocycles. The highest BCUT2D eigenvalue weighted by Crippen LogP contribution is 2.27. The van der Waals surface area contributed by atoms with Crippen LogP contribution in [0.4, 0.5) is 11.5 Å². The van der Waals surface area contributed by atoms with E-state index >= 15 is 0 Å². The van der Waals surface area contributed by atoms with Crippen LogP contribution in [0.5, 0.6) is 0 Å². The minimum atomic E-state index is 0.377. The maximum Gasteiger partial charge on any atom is 0.137 e. The van der Waals surface area contributed by atoms with Crippen LogP contribution in [-0.4, -0.2) is 16.0 Å². The molecule has 3 N–H and O–H groups in total. The number of hydrogen-bond donors (Lipinski definition) is 2. The Morgan fingerprint density at radius 1 is 1.00 bits per heavy atom. The Balaban J connectivity index is 1.66. The number of hydrogen-bond acceptors (Lipinski definition) is 4. The minimum absolute atomic E-state index is 0.377. The fraction of sp³-hybridized carbons (Fsp3) is 0.176. The van der Waals surface area contributed by atoms with Crippen molar-refractivity contribution in [1.82, 2.24) is 9.97 Å². The van der Waals surface area contributed by atoms with E-state index in [1.807, 2.05) is 18.2 Å². The van der Waals surface area contributed by atoms with Crippen LogP contribution in [0.15, 0.2) is 48.8 Å². The fourth-order valence-corrected chi connectivity index (χ4v) is 3.04. The van der Waals surface area contributed by atoms with E-state index in [-0.39, 0.29) is 0 Å². The number of benzene rings is 2. The molecule has 1 heterocycles. The third-order valence-electron chi connectivity index (χ3n) is 4.05. The number of anilines is 2. The molecule has 0 atom stereocenters. The molecule has 0 spiro atoms. The Morgan fingerprint density at radius 3 is 2.52 bits per heavy atom. The highest BCUT2D eigenvalue weighted by Gasteiger charge is 2.21. The van der Waals surface area contributed by atoms with E-state index in [0.29, 0.717) is 6.04 Å². The largest absolute Gasteiger partial charge is 0.399 e. The van der Waals surface area contributed by atoms with Gasteiger partial charge in [0.15, 0.2) is 0 Å². The highest BCUT2D eigenvalue weighted by atomic mass is 15.0. The van der Waals surface area contributed by atoms with Crippen molar-refractivity contribution in [2.45, 2.75) is 18.9 Å². The molecular formula is C17H16N4. The summed E-state index contributed by atoms with van der Waals surface area (Å²) in [5.74, 6) is 0.866. The van der Waals surface area contributed by atoms with Crippen LogP contribution in [0.2, 0.25) is 0 Å². The number of nitrogens with two attached hydrogens (primary N) is 1. The monoisotopic (exact) mass is 276 g/mol. The standard InChI is InChI=1S/C17H16N4/c18-13-5-6-16-15(9-13)17(20-10-19-16)21-14-7-11-3-1-2-4-12(11)8-14/h1-6,9-10,14H,7-8,18H2,(H,19,20,21). The predicted molar refractivity (Wildman–Crippen MR) is 85.2 cm³/mol. The van der Waals surface area contributed by atoms with Gasteiger partial charge in [-0.3, -0.25) is 0 Å². The van der Waals surface area contributed by atoms with Crippen LogP contribution in [0.25, 0.3) is 10.9 Å². The molecule has 4 rings (SSSR count). The zero-order valence-corrected chi connectivity index (χ0v) is 11.6. The van der Waals surface area contributed by atoms with Crippen molar-refractivity contribution in [3.8, 4) is 0 Å². The van der Waals surface area contributed by atoms with Gasteiger partial charge in [0.1, 0.15) is 12.1 Å².